The Hall–Kier alpha value is -1.77. The molecule has 146 valence electrons. The SMILES string of the molecule is O=C(Cn1c(=O)oc2ccccc21)NCC1(N2CCOCC2)CCSCC1. The Kier molecular flexibility index (Phi) is 5.56. The van der Waals surface area contributed by atoms with Crippen LogP contribution in [0.25, 0.3) is 11.1 Å². The van der Waals surface area contributed by atoms with Gasteiger partial charge in [0.25, 0.3) is 0 Å². The number of carbonyl (C=O) groups excluding carboxylic acids is 1. The first-order chi connectivity index (χ1) is 13.2. The third kappa shape index (κ3) is 3.93. The number of morpholine rings is 1. The number of benzene rings is 1. The van der Waals surface area contributed by atoms with E-state index in [1.54, 1.807) is 12.1 Å². The van der Waals surface area contributed by atoms with Crippen LogP contribution in [0.1, 0.15) is 12.8 Å². The lowest BCUT2D eigenvalue weighted by Crippen LogP contribution is -2.60. The third-order valence-electron chi connectivity index (χ3n) is 5.60. The van der Waals surface area contributed by atoms with Crippen LogP contribution < -0.4 is 11.1 Å². The Morgan fingerprint density at radius 2 is 1.93 bits per heavy atom. The van der Waals surface area contributed by atoms with Gasteiger partial charge in [-0.15, -0.1) is 0 Å². The average Bonchev–Trinajstić information content (AvgIpc) is 3.03. The van der Waals surface area contributed by atoms with Crippen molar-refractivity contribution in [3.8, 4) is 0 Å². The molecule has 27 heavy (non-hydrogen) atoms. The van der Waals surface area contributed by atoms with Crippen molar-refractivity contribution in [3.05, 3.63) is 34.8 Å². The van der Waals surface area contributed by atoms with Gasteiger partial charge in [0.2, 0.25) is 5.91 Å². The average molecular weight is 391 g/mol. The summed E-state index contributed by atoms with van der Waals surface area (Å²) in [5.41, 5.74) is 1.15. The van der Waals surface area contributed by atoms with E-state index in [4.69, 9.17) is 9.15 Å². The standard InChI is InChI=1S/C19H25N3O4S/c23-17(13-22-15-3-1-2-4-16(15)26-18(22)24)20-14-19(5-11-27-12-6-19)21-7-9-25-10-8-21/h1-4H,5-14H2,(H,20,23). The van der Waals surface area contributed by atoms with Crippen LogP contribution in [0.4, 0.5) is 0 Å². The number of oxazole rings is 1. The fourth-order valence-electron chi connectivity index (χ4n) is 4.02. The Bertz CT molecular complexity index is 850. The molecule has 2 saturated heterocycles. The lowest BCUT2D eigenvalue weighted by molar-refractivity contribution is -0.122. The number of amides is 1. The summed E-state index contributed by atoms with van der Waals surface area (Å²) in [6, 6.07) is 7.17. The van der Waals surface area contributed by atoms with Crippen molar-refractivity contribution in [3.63, 3.8) is 0 Å². The number of ether oxygens (including phenoxy) is 1. The molecule has 0 atom stereocenters. The summed E-state index contributed by atoms with van der Waals surface area (Å²) in [5, 5.41) is 3.09. The molecule has 2 aliphatic rings. The molecule has 2 aliphatic heterocycles. The van der Waals surface area contributed by atoms with Gasteiger partial charge in [-0.1, -0.05) is 12.1 Å². The molecule has 8 heteroatoms. The predicted octanol–water partition coefficient (Wildman–Crippen LogP) is 1.31. The third-order valence-corrected chi connectivity index (χ3v) is 6.58. The molecule has 0 bridgehead atoms. The summed E-state index contributed by atoms with van der Waals surface area (Å²) < 4.78 is 12.1. The Balaban J connectivity index is 1.45. The van der Waals surface area contributed by atoms with E-state index in [2.05, 4.69) is 10.2 Å². The second kappa shape index (κ2) is 8.08. The van der Waals surface area contributed by atoms with E-state index in [1.165, 1.54) is 4.57 Å². The highest BCUT2D eigenvalue weighted by molar-refractivity contribution is 7.99. The van der Waals surface area contributed by atoms with Crippen molar-refractivity contribution in [1.82, 2.24) is 14.8 Å². The number of hydrogen-bond acceptors (Lipinski definition) is 6. The minimum atomic E-state index is -0.497. The molecular formula is C19H25N3O4S. The summed E-state index contributed by atoms with van der Waals surface area (Å²) >= 11 is 1.97. The van der Waals surface area contributed by atoms with Crippen LogP contribution in [-0.4, -0.2) is 65.3 Å². The molecule has 2 fully saturated rings. The Labute approximate surface area is 162 Å². The molecule has 0 unspecified atom stereocenters. The van der Waals surface area contributed by atoms with E-state index < -0.39 is 5.76 Å². The quantitative estimate of drug-likeness (QED) is 0.828. The minimum Gasteiger partial charge on any atom is -0.408 e. The van der Waals surface area contributed by atoms with Crippen LogP contribution in [0.3, 0.4) is 0 Å². The van der Waals surface area contributed by atoms with Crippen molar-refractivity contribution >= 4 is 28.8 Å². The number of para-hydroxylation sites is 2. The molecule has 4 rings (SSSR count). The molecule has 2 aromatic rings. The van der Waals surface area contributed by atoms with Gasteiger partial charge in [0.15, 0.2) is 5.58 Å². The first-order valence-corrected chi connectivity index (χ1v) is 10.6. The summed E-state index contributed by atoms with van der Waals surface area (Å²) in [6.07, 6.45) is 2.12. The van der Waals surface area contributed by atoms with E-state index in [0.29, 0.717) is 17.6 Å². The zero-order chi connectivity index (χ0) is 18.7. The fourth-order valence-corrected chi connectivity index (χ4v) is 5.27. The lowest BCUT2D eigenvalue weighted by atomic mass is 9.89. The van der Waals surface area contributed by atoms with Crippen LogP contribution in [0.5, 0.6) is 0 Å². The molecule has 0 saturated carbocycles. The zero-order valence-corrected chi connectivity index (χ0v) is 16.1. The van der Waals surface area contributed by atoms with Crippen LogP contribution in [0, 0.1) is 0 Å². The van der Waals surface area contributed by atoms with Gasteiger partial charge in [-0.2, -0.15) is 11.8 Å². The van der Waals surface area contributed by atoms with Crippen LogP contribution in [-0.2, 0) is 16.1 Å². The van der Waals surface area contributed by atoms with E-state index in [0.717, 1.165) is 50.7 Å². The number of nitrogens with one attached hydrogen (secondary N) is 1. The molecule has 0 radical (unpaired) electrons. The molecule has 1 aromatic heterocycles. The van der Waals surface area contributed by atoms with Crippen molar-refractivity contribution in [2.24, 2.45) is 0 Å². The second-order valence-corrected chi connectivity index (χ2v) is 8.36. The highest BCUT2D eigenvalue weighted by Crippen LogP contribution is 2.32. The van der Waals surface area contributed by atoms with E-state index in [1.807, 2.05) is 23.9 Å². The minimum absolute atomic E-state index is 0.00584. The number of aromatic nitrogens is 1. The molecule has 1 amide bonds. The van der Waals surface area contributed by atoms with Crippen molar-refractivity contribution in [2.45, 2.75) is 24.9 Å². The van der Waals surface area contributed by atoms with E-state index >= 15 is 0 Å². The maximum absolute atomic E-state index is 12.6. The summed E-state index contributed by atoms with van der Waals surface area (Å²) in [6.45, 7) is 3.90. The molecule has 1 aromatic carbocycles. The number of carbonyl (C=O) groups is 1. The summed E-state index contributed by atoms with van der Waals surface area (Å²) in [4.78, 5) is 27.2. The highest BCUT2D eigenvalue weighted by Gasteiger charge is 2.39. The number of hydrogen-bond donors (Lipinski definition) is 1. The van der Waals surface area contributed by atoms with Gasteiger partial charge in [-0.25, -0.2) is 4.79 Å². The largest absolute Gasteiger partial charge is 0.420 e. The van der Waals surface area contributed by atoms with Gasteiger partial charge < -0.3 is 14.5 Å². The topological polar surface area (TPSA) is 76.7 Å². The maximum atomic E-state index is 12.6. The van der Waals surface area contributed by atoms with Gasteiger partial charge in [0, 0.05) is 25.2 Å². The van der Waals surface area contributed by atoms with Gasteiger partial charge >= 0.3 is 5.76 Å². The maximum Gasteiger partial charge on any atom is 0.420 e. The fraction of sp³-hybridized carbons (Fsp3) is 0.579. The number of fused-ring (bicyclic) bond motifs is 1. The van der Waals surface area contributed by atoms with Gasteiger partial charge in [-0.3, -0.25) is 14.3 Å². The predicted molar refractivity (Wildman–Crippen MR) is 105 cm³/mol. The first-order valence-electron chi connectivity index (χ1n) is 9.44. The van der Waals surface area contributed by atoms with Crippen molar-refractivity contribution in [1.29, 1.82) is 0 Å². The molecule has 3 heterocycles. The van der Waals surface area contributed by atoms with Gasteiger partial charge in [0.1, 0.15) is 6.54 Å². The van der Waals surface area contributed by atoms with Crippen molar-refractivity contribution < 1.29 is 13.9 Å². The smallest absolute Gasteiger partial charge is 0.408 e. The summed E-state index contributed by atoms with van der Waals surface area (Å²) in [7, 11) is 0. The van der Waals surface area contributed by atoms with Crippen molar-refractivity contribution in [2.75, 3.05) is 44.4 Å². The zero-order valence-electron chi connectivity index (χ0n) is 15.3. The number of thioether (sulfide) groups is 1. The molecular weight excluding hydrogens is 366 g/mol. The monoisotopic (exact) mass is 391 g/mol. The lowest BCUT2D eigenvalue weighted by Gasteiger charge is -2.48. The molecule has 7 nitrogen and oxygen atoms in total. The highest BCUT2D eigenvalue weighted by atomic mass is 32.2. The van der Waals surface area contributed by atoms with Gasteiger partial charge in [0.05, 0.1) is 18.7 Å². The normalized spacial score (nSPS) is 20.6. The Morgan fingerprint density at radius 3 is 2.70 bits per heavy atom. The van der Waals surface area contributed by atoms with Crippen LogP contribution >= 0.6 is 11.8 Å². The van der Waals surface area contributed by atoms with E-state index in [9.17, 15) is 9.59 Å². The first kappa shape index (κ1) is 18.6. The number of nitrogens with zero attached hydrogens (tertiary/aromatic N) is 2. The van der Waals surface area contributed by atoms with Crippen LogP contribution in [0.2, 0.25) is 0 Å². The molecule has 0 spiro atoms. The van der Waals surface area contributed by atoms with E-state index in [-0.39, 0.29) is 18.0 Å². The summed E-state index contributed by atoms with van der Waals surface area (Å²) in [5.74, 6) is 1.57. The second-order valence-electron chi connectivity index (χ2n) is 7.13. The number of rotatable bonds is 5. The van der Waals surface area contributed by atoms with Crippen LogP contribution in [0.15, 0.2) is 33.5 Å². The molecule has 0 aliphatic carbocycles. The Morgan fingerprint density at radius 1 is 1.19 bits per heavy atom. The molecule has 1 N–H and O–H groups in total. The van der Waals surface area contributed by atoms with Gasteiger partial charge in [-0.05, 0) is 36.5 Å².